The number of oxime groups is 1. The lowest BCUT2D eigenvalue weighted by atomic mass is 10.1. The summed E-state index contributed by atoms with van der Waals surface area (Å²) in [5, 5.41) is 14.6. The highest BCUT2D eigenvalue weighted by molar-refractivity contribution is 5.82. The highest BCUT2D eigenvalue weighted by Gasteiger charge is 2.08. The molecule has 2 unspecified atom stereocenters. The van der Waals surface area contributed by atoms with Gasteiger partial charge < -0.3 is 16.3 Å². The summed E-state index contributed by atoms with van der Waals surface area (Å²) in [5.41, 5.74) is 5.42. The molecule has 0 bridgehead atoms. The third-order valence-electron chi connectivity index (χ3n) is 1.91. The molecule has 0 amide bonds. The molecule has 4 heteroatoms. The zero-order chi connectivity index (χ0) is 10.3. The molecule has 0 fully saturated rings. The fraction of sp³-hybridized carbons (Fsp3) is 0.667. The second-order valence-electron chi connectivity index (χ2n) is 3.26. The van der Waals surface area contributed by atoms with E-state index >= 15 is 0 Å². The van der Waals surface area contributed by atoms with E-state index in [2.05, 4.69) is 24.0 Å². The van der Waals surface area contributed by atoms with Gasteiger partial charge in [-0.05, 0) is 13.3 Å². The van der Waals surface area contributed by atoms with Crippen LogP contribution in [0.15, 0.2) is 17.8 Å². The molecule has 0 saturated heterocycles. The molecule has 0 aromatic rings. The number of nitrogens with two attached hydrogens (primary N) is 1. The fourth-order valence-corrected chi connectivity index (χ4v) is 0.914. The number of hydrogen-bond donors (Lipinski definition) is 3. The molecule has 0 spiro atoms. The maximum Gasteiger partial charge on any atom is 0.143 e. The summed E-state index contributed by atoms with van der Waals surface area (Å²) in [6.07, 6.45) is 2.79. The van der Waals surface area contributed by atoms with Crippen LogP contribution in [0.3, 0.4) is 0 Å². The first-order chi connectivity index (χ1) is 6.11. The monoisotopic (exact) mass is 185 g/mol. The number of rotatable bonds is 6. The first-order valence-electron chi connectivity index (χ1n) is 4.43. The van der Waals surface area contributed by atoms with E-state index in [9.17, 15) is 0 Å². The molecule has 2 atom stereocenters. The Morgan fingerprint density at radius 3 is 2.77 bits per heavy atom. The van der Waals surface area contributed by atoms with E-state index in [0.717, 1.165) is 6.42 Å². The molecule has 4 N–H and O–H groups in total. The van der Waals surface area contributed by atoms with Gasteiger partial charge >= 0.3 is 0 Å². The molecule has 0 aromatic carbocycles. The van der Waals surface area contributed by atoms with Gasteiger partial charge in [-0.25, -0.2) is 0 Å². The molecule has 4 nitrogen and oxygen atoms in total. The Morgan fingerprint density at radius 1 is 1.69 bits per heavy atom. The Labute approximate surface area is 79.5 Å². The van der Waals surface area contributed by atoms with E-state index in [1.807, 2.05) is 13.0 Å². The molecule has 13 heavy (non-hydrogen) atoms. The molecule has 0 heterocycles. The van der Waals surface area contributed by atoms with Crippen molar-refractivity contribution in [2.45, 2.75) is 26.3 Å². The van der Waals surface area contributed by atoms with Crippen LogP contribution >= 0.6 is 0 Å². The van der Waals surface area contributed by atoms with Gasteiger partial charge in [0.1, 0.15) is 5.84 Å². The standard InChI is InChI=1S/C9H19N3O/c1-4-5-8(3)11-6-7(2)9(10)12-13/h4,7-8,11,13H,1,5-6H2,2-3H3,(H2,10,12). The van der Waals surface area contributed by atoms with Crippen LogP contribution in [0.2, 0.25) is 0 Å². The van der Waals surface area contributed by atoms with Gasteiger partial charge in [0.2, 0.25) is 0 Å². The summed E-state index contributed by atoms with van der Waals surface area (Å²) in [5.74, 6) is 0.315. The largest absolute Gasteiger partial charge is 0.409 e. The molecular formula is C9H19N3O. The van der Waals surface area contributed by atoms with Gasteiger partial charge in [-0.1, -0.05) is 18.2 Å². The van der Waals surface area contributed by atoms with Crippen molar-refractivity contribution in [3.63, 3.8) is 0 Å². The Balaban J connectivity index is 3.69. The Morgan fingerprint density at radius 2 is 2.31 bits per heavy atom. The SMILES string of the molecule is C=CCC(C)NCC(C)/C(N)=N/O. The van der Waals surface area contributed by atoms with Crippen molar-refractivity contribution < 1.29 is 5.21 Å². The zero-order valence-corrected chi connectivity index (χ0v) is 8.33. The molecular weight excluding hydrogens is 166 g/mol. The minimum atomic E-state index is 0.0530. The quantitative estimate of drug-likeness (QED) is 0.189. The fourth-order valence-electron chi connectivity index (χ4n) is 0.914. The average molecular weight is 185 g/mol. The van der Waals surface area contributed by atoms with E-state index in [0.29, 0.717) is 12.6 Å². The van der Waals surface area contributed by atoms with E-state index in [1.54, 1.807) is 0 Å². The summed E-state index contributed by atoms with van der Waals surface area (Å²) in [7, 11) is 0. The zero-order valence-electron chi connectivity index (χ0n) is 8.33. The van der Waals surface area contributed by atoms with Crippen LogP contribution in [-0.4, -0.2) is 23.6 Å². The van der Waals surface area contributed by atoms with Crippen LogP contribution in [0, 0.1) is 5.92 Å². The lowest BCUT2D eigenvalue weighted by Gasteiger charge is -2.15. The lowest BCUT2D eigenvalue weighted by Crippen LogP contribution is -2.35. The van der Waals surface area contributed by atoms with E-state index < -0.39 is 0 Å². The van der Waals surface area contributed by atoms with Gasteiger partial charge in [0.15, 0.2) is 0 Å². The molecule has 0 aliphatic carbocycles. The van der Waals surface area contributed by atoms with Gasteiger partial charge in [0.05, 0.1) is 0 Å². The summed E-state index contributed by atoms with van der Waals surface area (Å²) < 4.78 is 0. The first-order valence-corrected chi connectivity index (χ1v) is 4.43. The number of nitrogens with one attached hydrogen (secondary N) is 1. The molecule has 0 aromatic heterocycles. The highest BCUT2D eigenvalue weighted by Crippen LogP contribution is 1.96. The van der Waals surface area contributed by atoms with Gasteiger partial charge in [-0.15, -0.1) is 6.58 Å². The summed E-state index contributed by atoms with van der Waals surface area (Å²) in [4.78, 5) is 0. The van der Waals surface area contributed by atoms with E-state index in [4.69, 9.17) is 10.9 Å². The van der Waals surface area contributed by atoms with Crippen LogP contribution in [0.4, 0.5) is 0 Å². The van der Waals surface area contributed by atoms with Crippen molar-refractivity contribution in [2.75, 3.05) is 6.54 Å². The molecule has 0 aliphatic heterocycles. The predicted octanol–water partition coefficient (Wildman–Crippen LogP) is 0.923. The minimum Gasteiger partial charge on any atom is -0.409 e. The third kappa shape index (κ3) is 5.25. The summed E-state index contributed by atoms with van der Waals surface area (Å²) in [6.45, 7) is 8.34. The molecule has 0 rings (SSSR count). The van der Waals surface area contributed by atoms with Gasteiger partial charge in [-0.2, -0.15) is 0 Å². The predicted molar refractivity (Wildman–Crippen MR) is 54.9 cm³/mol. The smallest absolute Gasteiger partial charge is 0.143 e. The Kier molecular flexibility index (Phi) is 5.97. The normalized spacial score (nSPS) is 16.6. The van der Waals surface area contributed by atoms with Crippen molar-refractivity contribution in [1.82, 2.24) is 5.32 Å². The van der Waals surface area contributed by atoms with E-state index in [1.165, 1.54) is 0 Å². The Hall–Kier alpha value is -1.03. The minimum absolute atomic E-state index is 0.0530. The second kappa shape index (κ2) is 6.48. The van der Waals surface area contributed by atoms with Crippen molar-refractivity contribution in [3.05, 3.63) is 12.7 Å². The maximum absolute atomic E-state index is 8.39. The summed E-state index contributed by atoms with van der Waals surface area (Å²) in [6, 6.07) is 0.381. The average Bonchev–Trinajstić information content (AvgIpc) is 2.13. The van der Waals surface area contributed by atoms with Crippen LogP contribution in [0.25, 0.3) is 0 Å². The van der Waals surface area contributed by atoms with Gasteiger partial charge in [0, 0.05) is 18.5 Å². The molecule has 0 aliphatic rings. The first kappa shape index (κ1) is 12.0. The van der Waals surface area contributed by atoms with Crippen molar-refractivity contribution >= 4 is 5.84 Å². The maximum atomic E-state index is 8.39. The molecule has 0 saturated carbocycles. The third-order valence-corrected chi connectivity index (χ3v) is 1.91. The van der Waals surface area contributed by atoms with Gasteiger partial charge in [-0.3, -0.25) is 0 Å². The second-order valence-corrected chi connectivity index (χ2v) is 3.26. The molecule has 0 radical (unpaired) electrons. The van der Waals surface area contributed by atoms with Crippen molar-refractivity contribution in [2.24, 2.45) is 16.8 Å². The van der Waals surface area contributed by atoms with Gasteiger partial charge in [0.25, 0.3) is 0 Å². The highest BCUT2D eigenvalue weighted by atomic mass is 16.4. The van der Waals surface area contributed by atoms with Crippen LogP contribution in [0.1, 0.15) is 20.3 Å². The summed E-state index contributed by atoms with van der Waals surface area (Å²) >= 11 is 0. The number of amidine groups is 1. The van der Waals surface area contributed by atoms with Crippen LogP contribution in [-0.2, 0) is 0 Å². The Bertz CT molecular complexity index is 180. The van der Waals surface area contributed by atoms with E-state index in [-0.39, 0.29) is 11.8 Å². The van der Waals surface area contributed by atoms with Crippen molar-refractivity contribution in [3.8, 4) is 0 Å². The topological polar surface area (TPSA) is 70.6 Å². The molecule has 76 valence electrons. The van der Waals surface area contributed by atoms with Crippen LogP contribution in [0.5, 0.6) is 0 Å². The van der Waals surface area contributed by atoms with Crippen molar-refractivity contribution in [1.29, 1.82) is 0 Å². The van der Waals surface area contributed by atoms with Crippen LogP contribution < -0.4 is 11.1 Å². The lowest BCUT2D eigenvalue weighted by molar-refractivity contribution is 0.313. The number of nitrogens with zero attached hydrogens (tertiary/aromatic N) is 1. The number of hydrogen-bond acceptors (Lipinski definition) is 3.